The van der Waals surface area contributed by atoms with Gasteiger partial charge in [0, 0.05) is 22.8 Å². The van der Waals surface area contributed by atoms with Crippen molar-refractivity contribution in [1.82, 2.24) is 14.6 Å². The van der Waals surface area contributed by atoms with Crippen LogP contribution in [0.3, 0.4) is 0 Å². The van der Waals surface area contributed by atoms with Gasteiger partial charge in [-0.15, -0.1) is 11.3 Å². The van der Waals surface area contributed by atoms with Gasteiger partial charge in [0.25, 0.3) is 0 Å². The van der Waals surface area contributed by atoms with Crippen LogP contribution in [0.1, 0.15) is 0 Å². The zero-order chi connectivity index (χ0) is 18.1. The molecule has 0 atom stereocenters. The predicted molar refractivity (Wildman–Crippen MR) is 101 cm³/mol. The van der Waals surface area contributed by atoms with E-state index in [1.165, 1.54) is 0 Å². The number of rotatable bonds is 5. The summed E-state index contributed by atoms with van der Waals surface area (Å²) in [6, 6.07) is 7.88. The summed E-state index contributed by atoms with van der Waals surface area (Å²) >= 11 is 1.67. The third-order valence-corrected chi connectivity index (χ3v) is 5.04. The van der Waals surface area contributed by atoms with Gasteiger partial charge in [0.1, 0.15) is 0 Å². The van der Waals surface area contributed by atoms with Crippen LogP contribution >= 0.6 is 11.3 Å². The highest BCUT2D eigenvalue weighted by Crippen LogP contribution is 2.41. The van der Waals surface area contributed by atoms with Crippen molar-refractivity contribution in [1.29, 1.82) is 0 Å². The number of hydrogen-bond acceptors (Lipinski definition) is 6. The van der Waals surface area contributed by atoms with Crippen molar-refractivity contribution in [3.63, 3.8) is 0 Å². The van der Waals surface area contributed by atoms with Gasteiger partial charge < -0.3 is 14.2 Å². The second kappa shape index (κ2) is 6.68. The number of methoxy groups -OCH3 is 3. The maximum atomic E-state index is 5.43. The lowest BCUT2D eigenvalue weighted by molar-refractivity contribution is 0.324. The number of ether oxygens (including phenoxy) is 3. The third kappa shape index (κ3) is 2.66. The number of aromatic nitrogens is 3. The highest BCUT2D eigenvalue weighted by atomic mass is 32.1. The molecular weight excluding hydrogens is 350 g/mol. The summed E-state index contributed by atoms with van der Waals surface area (Å²) in [6.45, 7) is 0. The molecule has 4 aromatic rings. The maximum Gasteiger partial charge on any atom is 0.203 e. The van der Waals surface area contributed by atoms with Crippen LogP contribution in [-0.2, 0) is 0 Å². The first kappa shape index (κ1) is 16.4. The van der Waals surface area contributed by atoms with E-state index in [1.807, 2.05) is 42.2 Å². The fourth-order valence-electron chi connectivity index (χ4n) is 2.88. The molecule has 0 N–H and O–H groups in total. The van der Waals surface area contributed by atoms with Crippen molar-refractivity contribution >= 4 is 17.0 Å². The Morgan fingerprint density at radius 1 is 0.962 bits per heavy atom. The second-order valence-electron chi connectivity index (χ2n) is 5.56. The molecule has 0 saturated carbocycles. The van der Waals surface area contributed by atoms with Gasteiger partial charge >= 0.3 is 0 Å². The number of fused-ring (bicyclic) bond motifs is 1. The largest absolute Gasteiger partial charge is 0.493 e. The van der Waals surface area contributed by atoms with E-state index in [0.29, 0.717) is 17.2 Å². The summed E-state index contributed by atoms with van der Waals surface area (Å²) in [7, 11) is 4.79. The van der Waals surface area contributed by atoms with E-state index >= 15 is 0 Å². The van der Waals surface area contributed by atoms with Gasteiger partial charge in [0.2, 0.25) is 5.75 Å². The first-order valence-electron chi connectivity index (χ1n) is 7.92. The Morgan fingerprint density at radius 3 is 2.35 bits per heavy atom. The lowest BCUT2D eigenvalue weighted by Gasteiger charge is -2.14. The van der Waals surface area contributed by atoms with Gasteiger partial charge in [-0.25, -0.2) is 9.50 Å². The van der Waals surface area contributed by atoms with Gasteiger partial charge in [-0.05, 0) is 29.1 Å². The van der Waals surface area contributed by atoms with Crippen molar-refractivity contribution in [3.05, 3.63) is 48.2 Å². The number of nitrogens with zero attached hydrogens (tertiary/aromatic N) is 3. The summed E-state index contributed by atoms with van der Waals surface area (Å²) in [5, 5.41) is 6.50. The first-order valence-corrected chi connectivity index (χ1v) is 8.80. The number of thiophene rings is 1. The van der Waals surface area contributed by atoms with Gasteiger partial charge in [-0.1, -0.05) is 6.07 Å². The molecule has 0 aliphatic heterocycles. The SMILES string of the molecule is COc1cc(-c2cnc3c(-c4cccs4)cnn3c2)cc(OC)c1OC. The lowest BCUT2D eigenvalue weighted by Crippen LogP contribution is -1.97. The van der Waals surface area contributed by atoms with Crippen LogP contribution in [0.4, 0.5) is 0 Å². The Kier molecular flexibility index (Phi) is 4.22. The number of benzene rings is 1. The molecule has 0 spiro atoms. The van der Waals surface area contributed by atoms with Crippen LogP contribution in [0, 0.1) is 0 Å². The minimum atomic E-state index is 0.562. The van der Waals surface area contributed by atoms with E-state index in [4.69, 9.17) is 14.2 Å². The van der Waals surface area contributed by atoms with Crippen LogP contribution in [0.15, 0.2) is 48.2 Å². The molecular formula is C19H17N3O3S. The molecule has 0 fully saturated rings. The zero-order valence-corrected chi connectivity index (χ0v) is 15.4. The molecule has 0 radical (unpaired) electrons. The first-order chi connectivity index (χ1) is 12.7. The zero-order valence-electron chi connectivity index (χ0n) is 14.6. The highest BCUT2D eigenvalue weighted by molar-refractivity contribution is 7.13. The quantitative estimate of drug-likeness (QED) is 0.530. The Bertz CT molecular complexity index is 1030. The van der Waals surface area contributed by atoms with E-state index in [1.54, 1.807) is 37.2 Å². The van der Waals surface area contributed by atoms with E-state index in [9.17, 15) is 0 Å². The molecule has 3 aromatic heterocycles. The molecule has 0 bridgehead atoms. The van der Waals surface area contributed by atoms with Crippen molar-refractivity contribution in [3.8, 4) is 38.8 Å². The Labute approximate surface area is 154 Å². The maximum absolute atomic E-state index is 5.43. The third-order valence-electron chi connectivity index (χ3n) is 4.14. The topological polar surface area (TPSA) is 57.9 Å². The molecule has 0 saturated heterocycles. The van der Waals surface area contributed by atoms with Crippen molar-refractivity contribution in [2.45, 2.75) is 0 Å². The summed E-state index contributed by atoms with van der Waals surface area (Å²) in [6.07, 6.45) is 5.61. The van der Waals surface area contributed by atoms with Crippen LogP contribution in [-0.4, -0.2) is 35.9 Å². The summed E-state index contributed by atoms with van der Waals surface area (Å²) in [5.74, 6) is 1.76. The van der Waals surface area contributed by atoms with Gasteiger partial charge in [0.05, 0.1) is 33.1 Å². The Balaban J connectivity index is 1.82. The Morgan fingerprint density at radius 2 is 1.73 bits per heavy atom. The van der Waals surface area contributed by atoms with E-state index in [2.05, 4.69) is 16.1 Å². The molecule has 4 rings (SSSR count). The summed E-state index contributed by atoms with van der Waals surface area (Å²) < 4.78 is 18.0. The van der Waals surface area contributed by atoms with Crippen LogP contribution in [0.25, 0.3) is 27.2 Å². The van der Waals surface area contributed by atoms with Crippen LogP contribution < -0.4 is 14.2 Å². The van der Waals surface area contributed by atoms with Crippen molar-refractivity contribution in [2.24, 2.45) is 0 Å². The van der Waals surface area contributed by atoms with Gasteiger partial charge in [-0.3, -0.25) is 0 Å². The average molecular weight is 367 g/mol. The average Bonchev–Trinajstić information content (AvgIpc) is 3.35. The van der Waals surface area contributed by atoms with Crippen molar-refractivity contribution < 1.29 is 14.2 Å². The fraction of sp³-hybridized carbons (Fsp3) is 0.158. The molecule has 132 valence electrons. The molecule has 26 heavy (non-hydrogen) atoms. The van der Waals surface area contributed by atoms with E-state index < -0.39 is 0 Å². The summed E-state index contributed by atoms with van der Waals surface area (Å²) in [5.41, 5.74) is 3.65. The molecule has 7 heteroatoms. The monoisotopic (exact) mass is 367 g/mol. The highest BCUT2D eigenvalue weighted by Gasteiger charge is 2.15. The van der Waals surface area contributed by atoms with Gasteiger partial charge in [-0.2, -0.15) is 5.10 Å². The molecule has 0 unspecified atom stereocenters. The van der Waals surface area contributed by atoms with E-state index in [-0.39, 0.29) is 0 Å². The van der Waals surface area contributed by atoms with Crippen LogP contribution in [0.2, 0.25) is 0 Å². The lowest BCUT2D eigenvalue weighted by atomic mass is 10.1. The minimum absolute atomic E-state index is 0.562. The predicted octanol–water partition coefficient (Wildman–Crippen LogP) is 4.15. The second-order valence-corrected chi connectivity index (χ2v) is 6.51. The Hall–Kier alpha value is -3.06. The molecule has 6 nitrogen and oxygen atoms in total. The fourth-order valence-corrected chi connectivity index (χ4v) is 3.61. The smallest absolute Gasteiger partial charge is 0.203 e. The van der Waals surface area contributed by atoms with Crippen LogP contribution in [0.5, 0.6) is 17.2 Å². The minimum Gasteiger partial charge on any atom is -0.493 e. The molecule has 0 amide bonds. The number of hydrogen-bond donors (Lipinski definition) is 0. The molecule has 3 heterocycles. The normalized spacial score (nSPS) is 10.9. The summed E-state index contributed by atoms with van der Waals surface area (Å²) in [4.78, 5) is 5.77. The molecule has 0 aliphatic rings. The molecule has 0 aliphatic carbocycles. The van der Waals surface area contributed by atoms with Gasteiger partial charge in [0.15, 0.2) is 17.1 Å². The van der Waals surface area contributed by atoms with E-state index in [0.717, 1.165) is 27.2 Å². The molecule has 1 aromatic carbocycles. The standard InChI is InChI=1S/C19H17N3O3S/c1-23-15-7-12(8-16(24-2)18(15)25-3)13-9-20-19-14(10-21-22(19)11-13)17-5-4-6-26-17/h4-11H,1-3H3. The van der Waals surface area contributed by atoms with Crippen molar-refractivity contribution in [2.75, 3.05) is 21.3 Å².